The first-order valence-electron chi connectivity index (χ1n) is 5.01. The molecule has 0 unspecified atom stereocenters. The molecule has 0 aromatic carbocycles. The van der Waals surface area contributed by atoms with E-state index in [1.54, 1.807) is 6.92 Å². The van der Waals surface area contributed by atoms with E-state index >= 15 is 0 Å². The van der Waals surface area contributed by atoms with Crippen LogP contribution < -0.4 is 0 Å². The van der Waals surface area contributed by atoms with Gasteiger partial charge >= 0.3 is 91.2 Å². The molecule has 0 aromatic rings. The molecule has 0 aliphatic heterocycles. The molecule has 4 nitrogen and oxygen atoms in total. The van der Waals surface area contributed by atoms with E-state index in [-0.39, 0.29) is 5.97 Å². The molecule has 0 spiro atoms. The van der Waals surface area contributed by atoms with Gasteiger partial charge in [0.25, 0.3) is 0 Å². The van der Waals surface area contributed by atoms with Gasteiger partial charge in [-0.1, -0.05) is 0 Å². The van der Waals surface area contributed by atoms with E-state index < -0.39 is 16.2 Å². The normalized spacial score (nSPS) is 10.6. The fourth-order valence-electron chi connectivity index (χ4n) is 0.569. The number of carbonyl (C=O) groups excluding carboxylic acids is 1. The Labute approximate surface area is 91.5 Å². The van der Waals surface area contributed by atoms with Crippen LogP contribution >= 0.6 is 0 Å². The molecule has 0 radical (unpaired) electrons. The molecular weight excluding hydrogens is 223 g/mol. The van der Waals surface area contributed by atoms with Crippen LogP contribution in [0.25, 0.3) is 0 Å². The quantitative estimate of drug-likeness (QED) is 0.654. The Balaban J connectivity index is 3.77. The molecule has 0 bridgehead atoms. The summed E-state index contributed by atoms with van der Waals surface area (Å²) >= 11 is -2.26. The average molecular weight is 242 g/mol. The summed E-state index contributed by atoms with van der Waals surface area (Å²) in [5.74, 6) is -0.239. The van der Waals surface area contributed by atoms with Gasteiger partial charge in [0.15, 0.2) is 0 Å². The van der Waals surface area contributed by atoms with E-state index in [1.807, 2.05) is 13.8 Å². The maximum absolute atomic E-state index is 11.0. The van der Waals surface area contributed by atoms with Crippen LogP contribution in [0.15, 0.2) is 0 Å². The molecule has 0 N–H and O–H groups in total. The van der Waals surface area contributed by atoms with Crippen LogP contribution in [0, 0.1) is 0 Å². The third-order valence-electron chi connectivity index (χ3n) is 1.27. The van der Waals surface area contributed by atoms with Crippen molar-refractivity contribution in [2.24, 2.45) is 0 Å². The third-order valence-corrected chi connectivity index (χ3v) is 3.05. The monoisotopic (exact) mass is 242 g/mol. The minimum absolute atomic E-state index is 0.239. The van der Waals surface area contributed by atoms with Gasteiger partial charge in [-0.25, -0.2) is 0 Å². The second kappa shape index (κ2) is 9.53. The van der Waals surface area contributed by atoms with Crippen molar-refractivity contribution in [3.63, 3.8) is 0 Å². The van der Waals surface area contributed by atoms with E-state index in [0.717, 1.165) is 12.8 Å². The van der Waals surface area contributed by atoms with Crippen molar-refractivity contribution in [2.45, 2.75) is 40.0 Å². The zero-order valence-corrected chi connectivity index (χ0v) is 10.5. The van der Waals surface area contributed by atoms with Gasteiger partial charge < -0.3 is 0 Å². The van der Waals surface area contributed by atoms with Crippen molar-refractivity contribution in [3.8, 4) is 0 Å². The van der Waals surface area contributed by atoms with E-state index in [4.69, 9.17) is 11.0 Å². The van der Waals surface area contributed by atoms with E-state index in [0.29, 0.717) is 19.6 Å². The van der Waals surface area contributed by atoms with Gasteiger partial charge in [0, 0.05) is 0 Å². The van der Waals surface area contributed by atoms with Crippen LogP contribution in [-0.2, 0) is 32.0 Å². The molecule has 0 rings (SSSR count). The molecule has 0 heterocycles. The van der Waals surface area contributed by atoms with Gasteiger partial charge in [0.05, 0.1) is 0 Å². The van der Waals surface area contributed by atoms with Crippen molar-refractivity contribution in [2.75, 3.05) is 13.2 Å². The number of hydrogen-bond acceptors (Lipinski definition) is 4. The molecular formula is C9H19O4V. The summed E-state index contributed by atoms with van der Waals surface area (Å²) in [5, 5.41) is 0. The second-order valence-electron chi connectivity index (χ2n) is 2.71. The van der Waals surface area contributed by atoms with Gasteiger partial charge in [-0.2, -0.15) is 0 Å². The Bertz CT molecular complexity index is 144. The predicted molar refractivity (Wildman–Crippen MR) is 48.9 cm³/mol. The standard InChI is InChI=1S/C3H6O2.2C3H7O.V/c1-2-3(4)5;2*1-2-3-4;/h2H2,1H3,(H,4,5);2*2-3H2,1H3;/q;2*-1;+3/p-1. The van der Waals surface area contributed by atoms with Gasteiger partial charge in [0.2, 0.25) is 0 Å². The fourth-order valence-corrected chi connectivity index (χ4v) is 2.35. The molecule has 0 aliphatic carbocycles. The van der Waals surface area contributed by atoms with Gasteiger partial charge in [-0.15, -0.1) is 0 Å². The van der Waals surface area contributed by atoms with E-state index in [1.165, 1.54) is 0 Å². The average Bonchev–Trinajstić information content (AvgIpc) is 2.21. The topological polar surface area (TPSA) is 44.8 Å². The molecule has 14 heavy (non-hydrogen) atoms. The van der Waals surface area contributed by atoms with Crippen molar-refractivity contribution in [1.82, 2.24) is 0 Å². The van der Waals surface area contributed by atoms with Crippen LogP contribution in [-0.4, -0.2) is 19.2 Å². The SMILES string of the molecule is CCC[O][V]([O]CCC)[O]C(=O)CC. The molecule has 0 aliphatic rings. The molecule has 84 valence electrons. The molecule has 0 atom stereocenters. The van der Waals surface area contributed by atoms with E-state index in [2.05, 4.69) is 0 Å². The predicted octanol–water partition coefficient (Wildman–Crippen LogP) is 2.16. The molecule has 0 aromatic heterocycles. The minimum atomic E-state index is -2.26. The van der Waals surface area contributed by atoms with Crippen LogP contribution in [0.1, 0.15) is 40.0 Å². The second-order valence-corrected chi connectivity index (χ2v) is 4.50. The summed E-state index contributed by atoms with van der Waals surface area (Å²) in [4.78, 5) is 11.0. The van der Waals surface area contributed by atoms with Crippen LogP contribution in [0.3, 0.4) is 0 Å². The van der Waals surface area contributed by atoms with Crippen molar-refractivity contribution < 1.29 is 32.0 Å². The van der Waals surface area contributed by atoms with Crippen molar-refractivity contribution in [1.29, 1.82) is 0 Å². The Morgan fingerprint density at radius 1 is 1.07 bits per heavy atom. The molecule has 0 saturated heterocycles. The van der Waals surface area contributed by atoms with Gasteiger partial charge in [-0.3, -0.25) is 0 Å². The van der Waals surface area contributed by atoms with Gasteiger partial charge in [0.1, 0.15) is 0 Å². The summed E-state index contributed by atoms with van der Waals surface area (Å²) in [7, 11) is 0. The van der Waals surface area contributed by atoms with Crippen LogP contribution in [0.5, 0.6) is 0 Å². The van der Waals surface area contributed by atoms with Crippen molar-refractivity contribution in [3.05, 3.63) is 0 Å². The number of carbonyl (C=O) groups is 1. The summed E-state index contributed by atoms with van der Waals surface area (Å²) in [5.41, 5.74) is 0. The molecule has 0 amide bonds. The summed E-state index contributed by atoms with van der Waals surface area (Å²) in [6, 6.07) is 0. The molecule has 0 saturated carbocycles. The zero-order valence-electron chi connectivity index (χ0n) is 9.12. The molecule has 0 fully saturated rings. The Morgan fingerprint density at radius 2 is 1.57 bits per heavy atom. The first-order chi connectivity index (χ1) is 6.74. The summed E-state index contributed by atoms with van der Waals surface area (Å²) in [6.07, 6.45) is 2.19. The number of hydrogen-bond donors (Lipinski definition) is 0. The number of rotatable bonds is 8. The van der Waals surface area contributed by atoms with Gasteiger partial charge in [-0.05, 0) is 0 Å². The Kier molecular flexibility index (Phi) is 9.51. The molecule has 5 heteroatoms. The third kappa shape index (κ3) is 7.38. The Hall–Kier alpha value is -0.0256. The summed E-state index contributed by atoms with van der Waals surface area (Å²) in [6.45, 7) is 6.97. The van der Waals surface area contributed by atoms with Crippen LogP contribution in [0.4, 0.5) is 0 Å². The first-order valence-corrected chi connectivity index (χ1v) is 6.72. The summed E-state index contributed by atoms with van der Waals surface area (Å²) < 4.78 is 15.8. The van der Waals surface area contributed by atoms with Crippen molar-refractivity contribution >= 4 is 5.97 Å². The van der Waals surface area contributed by atoms with E-state index in [9.17, 15) is 4.79 Å². The first kappa shape index (κ1) is 14.0. The maximum atomic E-state index is 11.0. The zero-order chi connectivity index (χ0) is 10.8. The Morgan fingerprint density at radius 3 is 1.93 bits per heavy atom. The fraction of sp³-hybridized carbons (Fsp3) is 0.889. The van der Waals surface area contributed by atoms with Crippen LogP contribution in [0.2, 0.25) is 0 Å².